The van der Waals surface area contributed by atoms with E-state index in [-0.39, 0.29) is 6.10 Å². The largest absolute Gasteiger partial charge is 0.489 e. The minimum absolute atomic E-state index is 0.263. The van der Waals surface area contributed by atoms with Crippen LogP contribution in [-0.4, -0.2) is 28.7 Å². The average Bonchev–Trinajstić information content (AvgIpc) is 2.84. The molecule has 0 spiro atoms. The lowest BCUT2D eigenvalue weighted by atomic mass is 9.85. The molecule has 1 aliphatic heterocycles. The van der Waals surface area contributed by atoms with Crippen molar-refractivity contribution in [3.8, 4) is 5.75 Å². The van der Waals surface area contributed by atoms with Crippen LogP contribution >= 0.6 is 11.8 Å². The van der Waals surface area contributed by atoms with Gasteiger partial charge < -0.3 is 9.84 Å². The number of ether oxygens (including phenoxy) is 1. The number of para-hydroxylation sites is 1. The van der Waals surface area contributed by atoms with Crippen molar-refractivity contribution in [2.75, 3.05) is 11.5 Å². The highest BCUT2D eigenvalue weighted by Crippen LogP contribution is 2.30. The zero-order valence-corrected chi connectivity index (χ0v) is 12.2. The molecule has 1 N–H and O–H groups in total. The predicted octanol–water partition coefficient (Wildman–Crippen LogP) is 3.22. The van der Waals surface area contributed by atoms with Crippen LogP contribution in [0.5, 0.6) is 5.75 Å². The van der Waals surface area contributed by atoms with Crippen LogP contribution in [0.25, 0.3) is 0 Å². The summed E-state index contributed by atoms with van der Waals surface area (Å²) in [5.41, 5.74) is 0.205. The molecule has 2 rings (SSSR count). The SMILES string of the molecule is CC(C)(Cc1ccccc1OC1CCSC1)C(=O)O. The zero-order valence-electron chi connectivity index (χ0n) is 11.4. The lowest BCUT2D eigenvalue weighted by Gasteiger charge is -2.22. The molecular formula is C15H20O3S. The summed E-state index contributed by atoms with van der Waals surface area (Å²) in [5.74, 6) is 2.23. The Hall–Kier alpha value is -1.16. The highest BCUT2D eigenvalue weighted by atomic mass is 32.2. The first kappa shape index (κ1) is 14.3. The minimum atomic E-state index is -0.779. The van der Waals surface area contributed by atoms with Crippen molar-refractivity contribution in [2.24, 2.45) is 5.41 Å². The lowest BCUT2D eigenvalue weighted by molar-refractivity contribution is -0.146. The summed E-state index contributed by atoms with van der Waals surface area (Å²) in [6.45, 7) is 3.50. The van der Waals surface area contributed by atoms with Gasteiger partial charge in [0, 0.05) is 5.75 Å². The van der Waals surface area contributed by atoms with E-state index in [1.165, 1.54) is 0 Å². The van der Waals surface area contributed by atoms with Crippen molar-refractivity contribution in [3.05, 3.63) is 29.8 Å². The van der Waals surface area contributed by atoms with Crippen molar-refractivity contribution >= 4 is 17.7 Å². The third-order valence-corrected chi connectivity index (χ3v) is 4.50. The molecule has 0 aromatic heterocycles. The first-order chi connectivity index (χ1) is 8.99. The molecule has 1 aromatic rings. The molecule has 1 fully saturated rings. The van der Waals surface area contributed by atoms with Gasteiger partial charge in [0.1, 0.15) is 11.9 Å². The van der Waals surface area contributed by atoms with Gasteiger partial charge >= 0.3 is 5.97 Å². The predicted molar refractivity (Wildman–Crippen MR) is 77.9 cm³/mol. The van der Waals surface area contributed by atoms with Crippen LogP contribution in [0, 0.1) is 5.41 Å². The second-order valence-electron chi connectivity index (χ2n) is 5.58. The monoisotopic (exact) mass is 280 g/mol. The van der Waals surface area contributed by atoms with Crippen molar-refractivity contribution < 1.29 is 14.6 Å². The number of hydrogen-bond donors (Lipinski definition) is 1. The molecule has 1 aromatic carbocycles. The van der Waals surface area contributed by atoms with Gasteiger partial charge in [-0.1, -0.05) is 18.2 Å². The number of aliphatic carboxylic acids is 1. The summed E-state index contributed by atoms with van der Waals surface area (Å²) in [6, 6.07) is 7.77. The smallest absolute Gasteiger partial charge is 0.309 e. The van der Waals surface area contributed by atoms with E-state index in [1.807, 2.05) is 36.0 Å². The van der Waals surface area contributed by atoms with Crippen LogP contribution in [0.1, 0.15) is 25.8 Å². The first-order valence-corrected chi connectivity index (χ1v) is 7.70. The minimum Gasteiger partial charge on any atom is -0.489 e. The Balaban J connectivity index is 2.13. The Morgan fingerprint density at radius 1 is 1.47 bits per heavy atom. The Bertz CT molecular complexity index is 450. The molecule has 1 heterocycles. The third-order valence-electron chi connectivity index (χ3n) is 3.37. The Kier molecular flexibility index (Phi) is 4.40. The molecule has 1 unspecified atom stereocenters. The molecule has 0 radical (unpaired) electrons. The van der Waals surface area contributed by atoms with Gasteiger partial charge in [-0.3, -0.25) is 4.79 Å². The van der Waals surface area contributed by atoms with Gasteiger partial charge in [0.15, 0.2) is 0 Å². The maximum Gasteiger partial charge on any atom is 0.309 e. The molecule has 1 saturated heterocycles. The molecule has 3 nitrogen and oxygen atoms in total. The molecule has 0 aliphatic carbocycles. The van der Waals surface area contributed by atoms with E-state index in [0.717, 1.165) is 29.2 Å². The van der Waals surface area contributed by atoms with Gasteiger partial charge in [-0.2, -0.15) is 11.8 Å². The second kappa shape index (κ2) is 5.87. The Morgan fingerprint density at radius 2 is 2.21 bits per heavy atom. The highest BCUT2D eigenvalue weighted by molar-refractivity contribution is 7.99. The van der Waals surface area contributed by atoms with Gasteiger partial charge in [0.05, 0.1) is 5.41 Å². The van der Waals surface area contributed by atoms with E-state index in [0.29, 0.717) is 6.42 Å². The normalized spacial score (nSPS) is 19.4. The second-order valence-corrected chi connectivity index (χ2v) is 6.73. The van der Waals surface area contributed by atoms with Crippen molar-refractivity contribution in [3.63, 3.8) is 0 Å². The van der Waals surface area contributed by atoms with Gasteiger partial charge in [0.25, 0.3) is 0 Å². The van der Waals surface area contributed by atoms with E-state index < -0.39 is 11.4 Å². The molecule has 104 valence electrons. The van der Waals surface area contributed by atoms with E-state index in [2.05, 4.69) is 0 Å². The number of carboxylic acid groups (broad SMARTS) is 1. The molecule has 1 aliphatic rings. The fourth-order valence-corrected chi connectivity index (χ4v) is 3.20. The van der Waals surface area contributed by atoms with Crippen molar-refractivity contribution in [1.82, 2.24) is 0 Å². The first-order valence-electron chi connectivity index (χ1n) is 6.55. The maximum atomic E-state index is 11.2. The fraction of sp³-hybridized carbons (Fsp3) is 0.533. The number of benzene rings is 1. The fourth-order valence-electron chi connectivity index (χ4n) is 2.10. The Morgan fingerprint density at radius 3 is 2.84 bits per heavy atom. The molecule has 0 bridgehead atoms. The molecular weight excluding hydrogens is 260 g/mol. The van der Waals surface area contributed by atoms with Gasteiger partial charge in [-0.05, 0) is 44.1 Å². The van der Waals surface area contributed by atoms with Crippen LogP contribution in [0.2, 0.25) is 0 Å². The topological polar surface area (TPSA) is 46.5 Å². The number of thioether (sulfide) groups is 1. The molecule has 4 heteroatoms. The summed E-state index contributed by atoms with van der Waals surface area (Å²) in [7, 11) is 0. The van der Waals surface area contributed by atoms with Crippen LogP contribution < -0.4 is 4.74 Å². The van der Waals surface area contributed by atoms with E-state index in [9.17, 15) is 9.90 Å². The van der Waals surface area contributed by atoms with Gasteiger partial charge in [0.2, 0.25) is 0 Å². The summed E-state index contributed by atoms with van der Waals surface area (Å²) in [6.07, 6.45) is 1.82. The summed E-state index contributed by atoms with van der Waals surface area (Å²) in [4.78, 5) is 11.2. The van der Waals surface area contributed by atoms with Crippen LogP contribution in [0.4, 0.5) is 0 Å². The van der Waals surface area contributed by atoms with Crippen molar-refractivity contribution in [1.29, 1.82) is 0 Å². The summed E-state index contributed by atoms with van der Waals surface area (Å²) in [5, 5.41) is 9.23. The average molecular weight is 280 g/mol. The maximum absolute atomic E-state index is 11.2. The van der Waals surface area contributed by atoms with Crippen LogP contribution in [0.3, 0.4) is 0 Å². The van der Waals surface area contributed by atoms with Crippen LogP contribution in [0.15, 0.2) is 24.3 Å². The van der Waals surface area contributed by atoms with E-state index in [1.54, 1.807) is 13.8 Å². The number of hydrogen-bond acceptors (Lipinski definition) is 3. The number of rotatable bonds is 5. The summed E-state index contributed by atoms with van der Waals surface area (Å²) >= 11 is 1.91. The third kappa shape index (κ3) is 3.66. The van der Waals surface area contributed by atoms with Gasteiger partial charge in [-0.25, -0.2) is 0 Å². The number of carboxylic acids is 1. The molecule has 0 saturated carbocycles. The molecule has 19 heavy (non-hydrogen) atoms. The molecule has 1 atom stereocenters. The van der Waals surface area contributed by atoms with E-state index in [4.69, 9.17) is 4.74 Å². The standard InChI is InChI=1S/C15H20O3S/c1-15(2,14(16)17)9-11-5-3-4-6-13(11)18-12-7-8-19-10-12/h3-6,12H,7-10H2,1-2H3,(H,16,17). The Labute approximate surface area is 118 Å². The summed E-state index contributed by atoms with van der Waals surface area (Å²) < 4.78 is 6.02. The molecule has 0 amide bonds. The zero-order chi connectivity index (χ0) is 13.9. The van der Waals surface area contributed by atoms with Gasteiger partial charge in [-0.15, -0.1) is 0 Å². The highest BCUT2D eigenvalue weighted by Gasteiger charge is 2.29. The van der Waals surface area contributed by atoms with Crippen molar-refractivity contribution in [2.45, 2.75) is 32.8 Å². The lowest BCUT2D eigenvalue weighted by Crippen LogP contribution is -2.26. The van der Waals surface area contributed by atoms with E-state index >= 15 is 0 Å². The quantitative estimate of drug-likeness (QED) is 0.899. The van der Waals surface area contributed by atoms with Crippen LogP contribution in [-0.2, 0) is 11.2 Å². The number of carbonyl (C=O) groups is 1.